The van der Waals surface area contributed by atoms with Crippen molar-refractivity contribution in [2.24, 2.45) is 0 Å². The molecule has 0 aliphatic rings. The van der Waals surface area contributed by atoms with Gasteiger partial charge in [0.2, 0.25) is 0 Å². The van der Waals surface area contributed by atoms with Gasteiger partial charge in [0.1, 0.15) is 18.0 Å². The number of amides is 1. The Morgan fingerprint density at radius 1 is 1.03 bits per heavy atom. The van der Waals surface area contributed by atoms with Gasteiger partial charge in [0.25, 0.3) is 0 Å². The van der Waals surface area contributed by atoms with E-state index in [1.807, 2.05) is 82.3 Å². The molecule has 0 spiro atoms. The van der Waals surface area contributed by atoms with Crippen molar-refractivity contribution in [1.82, 2.24) is 5.32 Å². The highest BCUT2D eigenvalue weighted by Crippen LogP contribution is 2.15. The Hall–Kier alpha value is -2.53. The highest BCUT2D eigenvalue weighted by Gasteiger charge is 2.17. The molecule has 1 radical (unpaired) electrons. The summed E-state index contributed by atoms with van der Waals surface area (Å²) >= 11 is 0. The molecule has 0 aromatic heterocycles. The van der Waals surface area contributed by atoms with Gasteiger partial charge in [-0.25, -0.2) is 4.79 Å². The molecule has 0 saturated heterocycles. The molecular weight excluding hydrogens is 378 g/mol. The zero-order valence-electron chi connectivity index (χ0n) is 18.5. The number of alkyl carbamates (subject to hydrolysis) is 1. The van der Waals surface area contributed by atoms with Crippen molar-refractivity contribution in [1.29, 1.82) is 0 Å². The second-order valence-electron chi connectivity index (χ2n) is 8.41. The fourth-order valence-electron chi connectivity index (χ4n) is 2.83. The van der Waals surface area contributed by atoms with Crippen molar-refractivity contribution in [2.75, 3.05) is 6.61 Å². The topological polar surface area (TPSA) is 56.8 Å². The largest absolute Gasteiger partial charge is 0.491 e. The van der Waals surface area contributed by atoms with Gasteiger partial charge in [0, 0.05) is 6.04 Å². The van der Waals surface area contributed by atoms with Crippen molar-refractivity contribution >= 4 is 6.09 Å². The quantitative estimate of drug-likeness (QED) is 0.573. The molecule has 0 aliphatic heterocycles. The zero-order chi connectivity index (χ0) is 22.0. The number of carbonyl (C=O) groups is 1. The third kappa shape index (κ3) is 9.31. The first-order chi connectivity index (χ1) is 14.2. The molecule has 0 fully saturated rings. The summed E-state index contributed by atoms with van der Waals surface area (Å²) in [5.41, 5.74) is 1.74. The summed E-state index contributed by atoms with van der Waals surface area (Å²) in [6.07, 6.45) is 0.882. The summed E-state index contributed by atoms with van der Waals surface area (Å²) in [5.74, 6) is 0.785. The minimum Gasteiger partial charge on any atom is -0.491 e. The van der Waals surface area contributed by atoms with Crippen molar-refractivity contribution in [3.8, 4) is 5.75 Å². The third-order valence-corrected chi connectivity index (χ3v) is 4.31. The number of benzene rings is 2. The maximum atomic E-state index is 11.9. The molecule has 2 aromatic carbocycles. The minimum absolute atomic E-state index is 0.0337. The van der Waals surface area contributed by atoms with Crippen LogP contribution in [0.15, 0.2) is 54.6 Å². The summed E-state index contributed by atoms with van der Waals surface area (Å²) in [6.45, 7) is 12.5. The first-order valence-corrected chi connectivity index (χ1v) is 10.4. The number of hydrogen-bond donors (Lipinski definition) is 1. The number of rotatable bonds is 10. The lowest BCUT2D eigenvalue weighted by Crippen LogP contribution is -2.38. The first-order valence-electron chi connectivity index (χ1n) is 10.4. The van der Waals surface area contributed by atoms with Crippen LogP contribution in [0.2, 0.25) is 0 Å². The Bertz CT molecular complexity index is 753. The van der Waals surface area contributed by atoms with E-state index in [4.69, 9.17) is 14.2 Å². The van der Waals surface area contributed by atoms with E-state index in [0.29, 0.717) is 26.1 Å². The standard InChI is InChI=1S/C25H34NO4/c1-6-22(28-17-21-10-8-7-9-11-21)18-29-23-14-12-20(13-15-23)16-19(2)26-24(27)30-25(3,4)5/h7-15,19,22H,1,6,16-18H2,2-5H3,(H,26,27)/t19-,22-/m1/s1. The van der Waals surface area contributed by atoms with Crippen LogP contribution in [0.25, 0.3) is 0 Å². The van der Waals surface area contributed by atoms with E-state index in [0.717, 1.165) is 16.9 Å². The maximum absolute atomic E-state index is 11.9. The van der Waals surface area contributed by atoms with Crippen LogP contribution in [0, 0.1) is 6.92 Å². The van der Waals surface area contributed by atoms with Gasteiger partial charge in [0.05, 0.1) is 12.7 Å². The Labute approximate surface area is 180 Å². The minimum atomic E-state index is -0.501. The van der Waals surface area contributed by atoms with Gasteiger partial charge >= 0.3 is 6.09 Å². The second kappa shape index (κ2) is 11.6. The van der Waals surface area contributed by atoms with Gasteiger partial charge in [-0.3, -0.25) is 0 Å². The van der Waals surface area contributed by atoms with Gasteiger partial charge in [-0.2, -0.15) is 0 Å². The molecule has 0 heterocycles. The summed E-state index contributed by atoms with van der Waals surface area (Å²) in [5, 5.41) is 2.86. The molecule has 5 nitrogen and oxygen atoms in total. The average Bonchev–Trinajstić information content (AvgIpc) is 2.68. The van der Waals surface area contributed by atoms with Crippen LogP contribution >= 0.6 is 0 Å². The van der Waals surface area contributed by atoms with Crippen molar-refractivity contribution in [3.63, 3.8) is 0 Å². The molecule has 0 saturated carbocycles. The molecule has 30 heavy (non-hydrogen) atoms. The Kier molecular flexibility index (Phi) is 9.18. The van der Waals surface area contributed by atoms with Gasteiger partial charge in [0.15, 0.2) is 0 Å². The zero-order valence-corrected chi connectivity index (χ0v) is 18.5. The Balaban J connectivity index is 1.75. The molecule has 1 N–H and O–H groups in total. The molecule has 0 aliphatic carbocycles. The van der Waals surface area contributed by atoms with E-state index >= 15 is 0 Å². The normalized spacial score (nSPS) is 13.4. The number of nitrogens with one attached hydrogen (secondary N) is 1. The van der Waals surface area contributed by atoms with Gasteiger partial charge in [-0.1, -0.05) is 49.4 Å². The number of ether oxygens (including phenoxy) is 3. The summed E-state index contributed by atoms with van der Waals surface area (Å²) in [4.78, 5) is 11.9. The van der Waals surface area contributed by atoms with E-state index < -0.39 is 11.7 Å². The molecule has 2 rings (SSSR count). The lowest BCUT2D eigenvalue weighted by molar-refractivity contribution is 0.0111. The predicted octanol–water partition coefficient (Wildman–Crippen LogP) is 5.33. The lowest BCUT2D eigenvalue weighted by Gasteiger charge is -2.22. The molecule has 5 heteroatoms. The highest BCUT2D eigenvalue weighted by atomic mass is 16.6. The lowest BCUT2D eigenvalue weighted by atomic mass is 10.1. The van der Waals surface area contributed by atoms with Gasteiger partial charge in [-0.15, -0.1) is 0 Å². The highest BCUT2D eigenvalue weighted by molar-refractivity contribution is 5.68. The van der Waals surface area contributed by atoms with Crippen molar-refractivity contribution in [3.05, 3.63) is 72.6 Å². The second-order valence-corrected chi connectivity index (χ2v) is 8.41. The van der Waals surface area contributed by atoms with E-state index in [2.05, 4.69) is 12.2 Å². The van der Waals surface area contributed by atoms with Crippen LogP contribution in [0.1, 0.15) is 45.2 Å². The number of carbonyl (C=O) groups excluding carboxylic acids is 1. The van der Waals surface area contributed by atoms with Crippen molar-refractivity contribution < 1.29 is 19.0 Å². The Morgan fingerprint density at radius 3 is 2.30 bits per heavy atom. The van der Waals surface area contributed by atoms with Crippen LogP contribution in [0.3, 0.4) is 0 Å². The fraction of sp³-hybridized carbons (Fsp3) is 0.440. The summed E-state index contributed by atoms with van der Waals surface area (Å²) in [6, 6.07) is 17.9. The number of hydrogen-bond acceptors (Lipinski definition) is 4. The Morgan fingerprint density at radius 2 is 1.70 bits per heavy atom. The smallest absolute Gasteiger partial charge is 0.407 e. The molecule has 1 amide bonds. The van der Waals surface area contributed by atoms with Crippen LogP contribution in [-0.4, -0.2) is 30.4 Å². The van der Waals surface area contributed by atoms with Crippen LogP contribution < -0.4 is 10.1 Å². The van der Waals surface area contributed by atoms with E-state index in [-0.39, 0.29) is 12.1 Å². The van der Waals surface area contributed by atoms with E-state index in [1.165, 1.54) is 0 Å². The van der Waals surface area contributed by atoms with Crippen LogP contribution in [0.5, 0.6) is 5.75 Å². The molecule has 2 atom stereocenters. The summed E-state index contributed by atoms with van der Waals surface area (Å²) < 4.78 is 17.1. The van der Waals surface area contributed by atoms with Crippen LogP contribution in [0.4, 0.5) is 4.79 Å². The molecule has 163 valence electrons. The van der Waals surface area contributed by atoms with Gasteiger partial charge < -0.3 is 19.5 Å². The van der Waals surface area contributed by atoms with E-state index in [1.54, 1.807) is 0 Å². The third-order valence-electron chi connectivity index (χ3n) is 4.31. The molecule has 2 aromatic rings. The molecular formula is C25H34NO4. The van der Waals surface area contributed by atoms with Crippen molar-refractivity contribution in [2.45, 2.75) is 64.9 Å². The van der Waals surface area contributed by atoms with Crippen LogP contribution in [-0.2, 0) is 22.5 Å². The fourth-order valence-corrected chi connectivity index (χ4v) is 2.83. The SMILES string of the molecule is [CH2]C[C@H](COc1ccc(C[C@@H](C)NC(=O)OC(C)(C)C)cc1)OCc1ccccc1. The molecule has 0 bridgehead atoms. The predicted molar refractivity (Wildman–Crippen MR) is 119 cm³/mol. The maximum Gasteiger partial charge on any atom is 0.407 e. The summed E-state index contributed by atoms with van der Waals surface area (Å²) in [7, 11) is 0. The van der Waals surface area contributed by atoms with Gasteiger partial charge in [-0.05, 0) is 63.8 Å². The molecule has 0 unspecified atom stereocenters. The average molecular weight is 413 g/mol. The first kappa shape index (κ1) is 23.7. The van der Waals surface area contributed by atoms with E-state index in [9.17, 15) is 4.79 Å². The monoisotopic (exact) mass is 412 g/mol.